The first-order chi connectivity index (χ1) is 27.7. The fourth-order valence-corrected chi connectivity index (χ4v) is 8.21. The number of amidine groups is 1. The van der Waals surface area contributed by atoms with Crippen LogP contribution in [0.4, 0.5) is 0 Å². The normalized spacial score (nSPS) is 14.2. The maximum atomic E-state index is 6.63. The summed E-state index contributed by atoms with van der Waals surface area (Å²) < 4.78 is 13.2. The van der Waals surface area contributed by atoms with Gasteiger partial charge < -0.3 is 14.2 Å². The first-order valence-electron chi connectivity index (χ1n) is 19.0. The number of nitrogens with zero attached hydrogens (tertiary/aromatic N) is 1. The van der Waals surface area contributed by atoms with E-state index in [4.69, 9.17) is 13.8 Å². The Labute approximate surface area is 323 Å². The van der Waals surface area contributed by atoms with Gasteiger partial charge >= 0.3 is 0 Å². The Kier molecular flexibility index (Phi) is 7.52. The lowest BCUT2D eigenvalue weighted by Gasteiger charge is -2.26. The van der Waals surface area contributed by atoms with Crippen LogP contribution < -0.4 is 5.32 Å². The van der Waals surface area contributed by atoms with Crippen molar-refractivity contribution < 1.29 is 8.83 Å². The smallest absolute Gasteiger partial charge is 0.143 e. The zero-order chi connectivity index (χ0) is 37.0. The Morgan fingerprint density at radius 2 is 0.929 bits per heavy atom. The number of para-hydroxylation sites is 4. The zero-order valence-electron chi connectivity index (χ0n) is 30.3. The molecule has 1 aliphatic rings. The highest BCUT2D eigenvalue weighted by atomic mass is 16.3. The number of benzene rings is 8. The third-order valence-electron chi connectivity index (χ3n) is 11.0. The third kappa shape index (κ3) is 5.42. The highest BCUT2D eigenvalue weighted by Gasteiger charge is 2.25. The van der Waals surface area contributed by atoms with Crippen LogP contribution in [0.15, 0.2) is 208 Å². The van der Waals surface area contributed by atoms with Crippen LogP contribution >= 0.6 is 0 Å². The molecule has 1 N–H and O–H groups in total. The number of aliphatic imine (C=N–C) groups is 1. The van der Waals surface area contributed by atoms with Crippen molar-refractivity contribution in [1.29, 1.82) is 0 Å². The first kappa shape index (κ1) is 32.0. The van der Waals surface area contributed by atoms with Gasteiger partial charge in [0.25, 0.3) is 0 Å². The van der Waals surface area contributed by atoms with Gasteiger partial charge in [-0.25, -0.2) is 4.99 Å². The van der Waals surface area contributed by atoms with Gasteiger partial charge in [0.05, 0.1) is 11.7 Å². The fourth-order valence-electron chi connectivity index (χ4n) is 8.21. The fraction of sp³-hybridized carbons (Fsp3) is 0.0192. The van der Waals surface area contributed by atoms with E-state index in [9.17, 15) is 0 Å². The van der Waals surface area contributed by atoms with Crippen LogP contribution in [-0.2, 0) is 0 Å². The quantitative estimate of drug-likeness (QED) is 0.186. The van der Waals surface area contributed by atoms with Crippen molar-refractivity contribution in [1.82, 2.24) is 5.32 Å². The lowest BCUT2D eigenvalue weighted by atomic mass is 9.91. The second-order valence-corrected chi connectivity index (χ2v) is 14.3. The average molecular weight is 719 g/mol. The summed E-state index contributed by atoms with van der Waals surface area (Å²) >= 11 is 0. The highest BCUT2D eigenvalue weighted by Crippen LogP contribution is 2.41. The molecular formula is C52H34N2O2. The maximum absolute atomic E-state index is 6.63. The number of rotatable bonds is 6. The van der Waals surface area contributed by atoms with Crippen LogP contribution in [0.3, 0.4) is 0 Å². The van der Waals surface area contributed by atoms with E-state index in [2.05, 4.69) is 169 Å². The Hall–Kier alpha value is -7.43. The predicted octanol–water partition coefficient (Wildman–Crippen LogP) is 13.6. The van der Waals surface area contributed by atoms with Crippen molar-refractivity contribution in [3.05, 3.63) is 211 Å². The molecule has 0 saturated carbocycles. The summed E-state index contributed by atoms with van der Waals surface area (Å²) in [4.78, 5) is 5.42. The minimum atomic E-state index is -0.139. The van der Waals surface area contributed by atoms with Gasteiger partial charge in [0.1, 0.15) is 28.2 Å². The number of hydrogen-bond donors (Lipinski definition) is 1. The monoisotopic (exact) mass is 718 g/mol. The molecule has 0 bridgehead atoms. The minimum Gasteiger partial charge on any atom is -0.455 e. The number of nitrogens with one attached hydrogen (secondary N) is 1. The Balaban J connectivity index is 1.12. The molecule has 4 nitrogen and oxygen atoms in total. The van der Waals surface area contributed by atoms with Crippen molar-refractivity contribution in [2.75, 3.05) is 0 Å². The Morgan fingerprint density at radius 3 is 1.61 bits per heavy atom. The lowest BCUT2D eigenvalue weighted by Crippen LogP contribution is -2.31. The van der Waals surface area contributed by atoms with E-state index in [1.54, 1.807) is 0 Å². The zero-order valence-corrected chi connectivity index (χ0v) is 30.3. The molecule has 10 aromatic rings. The molecule has 264 valence electrons. The van der Waals surface area contributed by atoms with E-state index >= 15 is 0 Å². The van der Waals surface area contributed by atoms with Crippen molar-refractivity contribution in [3.8, 4) is 33.4 Å². The third-order valence-corrected chi connectivity index (χ3v) is 11.0. The van der Waals surface area contributed by atoms with Crippen molar-refractivity contribution >= 4 is 55.4 Å². The van der Waals surface area contributed by atoms with E-state index in [-0.39, 0.29) is 6.04 Å². The predicted molar refractivity (Wildman–Crippen MR) is 231 cm³/mol. The van der Waals surface area contributed by atoms with Gasteiger partial charge in [-0.3, -0.25) is 0 Å². The van der Waals surface area contributed by atoms with Crippen LogP contribution in [-0.4, -0.2) is 5.84 Å². The molecular weight excluding hydrogens is 685 g/mol. The molecule has 0 amide bonds. The highest BCUT2D eigenvalue weighted by molar-refractivity contribution is 6.15. The largest absolute Gasteiger partial charge is 0.455 e. The number of furan rings is 2. The molecule has 8 aromatic carbocycles. The van der Waals surface area contributed by atoms with E-state index in [0.717, 1.165) is 94.4 Å². The van der Waals surface area contributed by atoms with Gasteiger partial charge in [0.15, 0.2) is 0 Å². The summed E-state index contributed by atoms with van der Waals surface area (Å²) in [5.74, 6) is 0.783. The first-order valence-corrected chi connectivity index (χ1v) is 19.0. The van der Waals surface area contributed by atoms with Crippen molar-refractivity contribution in [2.45, 2.75) is 6.04 Å². The molecule has 0 spiro atoms. The van der Waals surface area contributed by atoms with E-state index in [1.165, 1.54) is 11.1 Å². The molecule has 4 heteroatoms. The van der Waals surface area contributed by atoms with Crippen LogP contribution in [0, 0.1) is 0 Å². The molecule has 11 rings (SSSR count). The van der Waals surface area contributed by atoms with Crippen LogP contribution in [0.25, 0.3) is 83.0 Å². The Morgan fingerprint density at radius 1 is 0.393 bits per heavy atom. The second kappa shape index (κ2) is 13.2. The summed E-state index contributed by atoms with van der Waals surface area (Å²) in [5, 5.41) is 8.27. The van der Waals surface area contributed by atoms with Crippen LogP contribution in [0.5, 0.6) is 0 Å². The summed E-state index contributed by atoms with van der Waals surface area (Å²) in [6, 6.07) is 65.6. The SMILES string of the molecule is C1=C(c2ccccc2)N=C(c2cc(-c3cccc4c3oc3ccccc34)ccc2-c2cccc3c2oc2ccccc23)NC1c1ccc(-c2ccccc2)cc1. The van der Waals surface area contributed by atoms with Gasteiger partial charge in [-0.1, -0.05) is 170 Å². The summed E-state index contributed by atoms with van der Waals surface area (Å²) in [6.07, 6.45) is 2.23. The Bertz CT molecular complexity index is 3150. The molecule has 1 aliphatic heterocycles. The van der Waals surface area contributed by atoms with Crippen molar-refractivity contribution in [3.63, 3.8) is 0 Å². The van der Waals surface area contributed by atoms with Crippen LogP contribution in [0.2, 0.25) is 0 Å². The summed E-state index contributed by atoms with van der Waals surface area (Å²) in [7, 11) is 0. The molecule has 0 aliphatic carbocycles. The maximum Gasteiger partial charge on any atom is 0.143 e. The minimum absolute atomic E-state index is 0.139. The summed E-state index contributed by atoms with van der Waals surface area (Å²) in [5.41, 5.74) is 14.0. The number of fused-ring (bicyclic) bond motifs is 6. The molecule has 0 radical (unpaired) electrons. The van der Waals surface area contributed by atoms with E-state index in [0.29, 0.717) is 0 Å². The molecule has 0 saturated heterocycles. The average Bonchev–Trinajstić information content (AvgIpc) is 3.86. The van der Waals surface area contributed by atoms with Crippen molar-refractivity contribution in [2.24, 2.45) is 4.99 Å². The van der Waals surface area contributed by atoms with Gasteiger partial charge in [-0.2, -0.15) is 0 Å². The molecule has 1 atom stereocenters. The van der Waals surface area contributed by atoms with E-state index < -0.39 is 0 Å². The molecule has 1 unspecified atom stereocenters. The number of hydrogen-bond acceptors (Lipinski definition) is 4. The van der Waals surface area contributed by atoms with Gasteiger partial charge in [-0.05, 0) is 57.7 Å². The lowest BCUT2D eigenvalue weighted by molar-refractivity contribution is 0.669. The standard InChI is InChI=1S/C52H34N2O2/c1-3-13-33(14-4-1)34-25-27-36(28-26-34)47-32-46(35-15-5-2-6-16-35)53-52(54-47)45-31-37(38-19-11-21-43-40-17-7-9-23-48(40)55-50(38)43)29-30-39(45)42-20-12-22-44-41-18-8-10-24-49(41)56-51(42)44/h1-32,47H,(H,53,54). The summed E-state index contributed by atoms with van der Waals surface area (Å²) in [6.45, 7) is 0. The molecule has 56 heavy (non-hydrogen) atoms. The molecule has 2 aromatic heterocycles. The van der Waals surface area contributed by atoms with Gasteiger partial charge in [-0.15, -0.1) is 0 Å². The van der Waals surface area contributed by atoms with E-state index in [1.807, 2.05) is 30.3 Å². The topological polar surface area (TPSA) is 50.7 Å². The van der Waals surface area contributed by atoms with Gasteiger partial charge in [0, 0.05) is 38.2 Å². The molecule has 3 heterocycles. The second-order valence-electron chi connectivity index (χ2n) is 14.3. The van der Waals surface area contributed by atoms with Gasteiger partial charge in [0.2, 0.25) is 0 Å². The van der Waals surface area contributed by atoms with Crippen LogP contribution in [0.1, 0.15) is 22.7 Å². The molecule has 0 fully saturated rings.